The molecule has 0 aliphatic carbocycles. The highest BCUT2D eigenvalue weighted by molar-refractivity contribution is 6.32. The number of rotatable bonds is 8. The lowest BCUT2D eigenvalue weighted by atomic mass is 9.99. The van der Waals surface area contributed by atoms with Gasteiger partial charge >= 0.3 is 0 Å². The lowest BCUT2D eigenvalue weighted by Crippen LogP contribution is -2.32. The number of methoxy groups -OCH3 is 1. The van der Waals surface area contributed by atoms with E-state index in [4.69, 9.17) is 26.1 Å². The van der Waals surface area contributed by atoms with Gasteiger partial charge in [0.25, 0.3) is 0 Å². The maximum absolute atomic E-state index is 6.46. The van der Waals surface area contributed by atoms with E-state index in [9.17, 15) is 0 Å². The molecule has 0 saturated carbocycles. The predicted molar refractivity (Wildman–Crippen MR) is 131 cm³/mol. The Bertz CT molecular complexity index is 1060. The van der Waals surface area contributed by atoms with Crippen molar-refractivity contribution in [3.63, 3.8) is 0 Å². The van der Waals surface area contributed by atoms with Crippen LogP contribution in [0.5, 0.6) is 11.5 Å². The molecule has 0 amide bonds. The Morgan fingerprint density at radius 2 is 1.94 bits per heavy atom. The van der Waals surface area contributed by atoms with Crippen molar-refractivity contribution < 1.29 is 9.47 Å². The van der Waals surface area contributed by atoms with E-state index in [1.807, 2.05) is 18.3 Å². The second-order valence-electron chi connectivity index (χ2n) is 8.93. The second-order valence-corrected chi connectivity index (χ2v) is 9.34. The number of imidazole rings is 1. The quantitative estimate of drug-likeness (QED) is 0.434. The number of fused-ring (bicyclic) bond motifs is 1. The van der Waals surface area contributed by atoms with Crippen LogP contribution in [0.2, 0.25) is 5.02 Å². The first-order valence-corrected chi connectivity index (χ1v) is 11.7. The number of nitrogens with zero attached hydrogens (tertiary/aromatic N) is 4. The van der Waals surface area contributed by atoms with Gasteiger partial charge in [0.05, 0.1) is 24.4 Å². The van der Waals surface area contributed by atoms with E-state index in [0.29, 0.717) is 17.4 Å². The van der Waals surface area contributed by atoms with Crippen LogP contribution in [0.15, 0.2) is 36.7 Å². The number of halogens is 1. The Kier molecular flexibility index (Phi) is 7.11. The average Bonchev–Trinajstić information content (AvgIpc) is 3.21. The van der Waals surface area contributed by atoms with Gasteiger partial charge in [0.15, 0.2) is 0 Å². The van der Waals surface area contributed by atoms with Crippen molar-refractivity contribution in [2.24, 2.45) is 5.92 Å². The molecular weight excluding hydrogens is 424 g/mol. The van der Waals surface area contributed by atoms with E-state index in [-0.39, 0.29) is 0 Å². The smallest absolute Gasteiger partial charge is 0.141 e. The summed E-state index contributed by atoms with van der Waals surface area (Å²) in [6.07, 6.45) is 7.53. The van der Waals surface area contributed by atoms with Crippen molar-refractivity contribution in [3.05, 3.63) is 41.7 Å². The minimum Gasteiger partial charge on any atom is -0.495 e. The normalized spacial score (nSPS) is 15.0. The Morgan fingerprint density at radius 3 is 2.66 bits per heavy atom. The minimum atomic E-state index is 0.545. The van der Waals surface area contributed by atoms with E-state index >= 15 is 0 Å². The molecule has 0 unspecified atom stereocenters. The van der Waals surface area contributed by atoms with Crippen molar-refractivity contribution in [2.45, 2.75) is 26.2 Å². The van der Waals surface area contributed by atoms with Gasteiger partial charge in [-0.1, -0.05) is 18.5 Å². The van der Waals surface area contributed by atoms with Crippen molar-refractivity contribution in [1.82, 2.24) is 14.3 Å². The van der Waals surface area contributed by atoms with Gasteiger partial charge in [0, 0.05) is 55.4 Å². The van der Waals surface area contributed by atoms with Crippen LogP contribution in [-0.2, 0) is 0 Å². The zero-order valence-corrected chi connectivity index (χ0v) is 20.2. The van der Waals surface area contributed by atoms with Crippen LogP contribution in [0.3, 0.4) is 0 Å². The third-order valence-corrected chi connectivity index (χ3v) is 6.43. The molecule has 1 fully saturated rings. The summed E-state index contributed by atoms with van der Waals surface area (Å²) in [5.41, 5.74) is 3.86. The van der Waals surface area contributed by atoms with Crippen LogP contribution in [0.25, 0.3) is 16.9 Å². The van der Waals surface area contributed by atoms with Gasteiger partial charge < -0.3 is 23.7 Å². The zero-order chi connectivity index (χ0) is 22.7. The molecule has 0 atom stereocenters. The second kappa shape index (κ2) is 10.0. The molecule has 6 nitrogen and oxygen atoms in total. The fourth-order valence-corrected chi connectivity index (χ4v) is 4.38. The van der Waals surface area contributed by atoms with Gasteiger partial charge in [-0.15, -0.1) is 0 Å². The Morgan fingerprint density at radius 1 is 1.16 bits per heavy atom. The monoisotopic (exact) mass is 456 g/mol. The number of aromatic nitrogens is 2. The van der Waals surface area contributed by atoms with Crippen LogP contribution in [0, 0.1) is 5.92 Å². The molecule has 1 aliphatic heterocycles. The summed E-state index contributed by atoms with van der Waals surface area (Å²) >= 11 is 6.46. The van der Waals surface area contributed by atoms with Crippen LogP contribution < -0.4 is 14.4 Å². The maximum Gasteiger partial charge on any atom is 0.141 e. The number of ether oxygens (including phenoxy) is 2. The SMILES string of the molecule is COc1cc(OCCCN(C)C)c(-c2cn3ccc(N4CCC(C)CC4)cc3n2)cc1Cl. The van der Waals surface area contributed by atoms with Crippen LogP contribution in [0.4, 0.5) is 5.69 Å². The Balaban J connectivity index is 1.62. The van der Waals surface area contributed by atoms with E-state index < -0.39 is 0 Å². The van der Waals surface area contributed by atoms with Crippen molar-refractivity contribution in [2.75, 3.05) is 52.3 Å². The summed E-state index contributed by atoms with van der Waals surface area (Å²) in [7, 11) is 5.74. The fourth-order valence-electron chi connectivity index (χ4n) is 4.14. The standard InChI is InChI=1S/C25H33ClN4O2/c1-18-6-10-29(11-7-18)19-8-12-30-17-22(27-25(30)14-19)20-15-21(26)24(31-4)16-23(20)32-13-5-9-28(2)3/h8,12,14-18H,5-7,9-11,13H2,1-4H3. The van der Waals surface area contributed by atoms with Gasteiger partial charge in [-0.2, -0.15) is 0 Å². The third kappa shape index (κ3) is 5.13. The summed E-state index contributed by atoms with van der Waals surface area (Å²) < 4.78 is 13.6. The average molecular weight is 457 g/mol. The fraction of sp³-hybridized carbons (Fsp3) is 0.480. The molecule has 172 valence electrons. The minimum absolute atomic E-state index is 0.545. The molecule has 0 spiro atoms. The zero-order valence-electron chi connectivity index (χ0n) is 19.5. The number of anilines is 1. The molecule has 7 heteroatoms. The molecule has 0 N–H and O–H groups in total. The first-order valence-electron chi connectivity index (χ1n) is 11.3. The lowest BCUT2D eigenvalue weighted by Gasteiger charge is -2.32. The van der Waals surface area contributed by atoms with Crippen molar-refractivity contribution >= 4 is 22.9 Å². The molecule has 0 bridgehead atoms. The molecule has 4 rings (SSSR count). The first kappa shape index (κ1) is 22.7. The summed E-state index contributed by atoms with van der Waals surface area (Å²) in [6.45, 7) is 6.11. The van der Waals surface area contributed by atoms with Crippen LogP contribution in [0.1, 0.15) is 26.2 Å². The van der Waals surface area contributed by atoms with Crippen LogP contribution >= 0.6 is 11.6 Å². The van der Waals surface area contributed by atoms with E-state index in [1.165, 1.54) is 18.5 Å². The molecular formula is C25H33ClN4O2. The van der Waals surface area contributed by atoms with Crippen molar-refractivity contribution in [3.8, 4) is 22.8 Å². The summed E-state index contributed by atoms with van der Waals surface area (Å²) in [4.78, 5) is 9.52. The van der Waals surface area contributed by atoms with Gasteiger partial charge in [-0.25, -0.2) is 4.98 Å². The maximum atomic E-state index is 6.46. The number of benzene rings is 1. The molecule has 3 heterocycles. The first-order chi connectivity index (χ1) is 15.4. The number of hydrogen-bond donors (Lipinski definition) is 0. The van der Waals surface area contributed by atoms with E-state index in [2.05, 4.69) is 53.5 Å². The number of pyridine rings is 1. The predicted octanol–water partition coefficient (Wildman–Crippen LogP) is 5.23. The molecule has 1 saturated heterocycles. The molecule has 1 aliphatic rings. The Hall–Kier alpha value is -2.44. The molecule has 0 radical (unpaired) electrons. The topological polar surface area (TPSA) is 42.2 Å². The highest BCUT2D eigenvalue weighted by atomic mass is 35.5. The number of hydrogen-bond acceptors (Lipinski definition) is 5. The highest BCUT2D eigenvalue weighted by Gasteiger charge is 2.18. The third-order valence-electron chi connectivity index (χ3n) is 6.13. The van der Waals surface area contributed by atoms with Crippen LogP contribution in [-0.4, -0.2) is 61.7 Å². The van der Waals surface area contributed by atoms with Gasteiger partial charge in [-0.3, -0.25) is 0 Å². The molecule has 3 aromatic rings. The van der Waals surface area contributed by atoms with Gasteiger partial charge in [-0.05, 0) is 51.4 Å². The van der Waals surface area contributed by atoms with Gasteiger partial charge in [0.1, 0.15) is 17.1 Å². The summed E-state index contributed by atoms with van der Waals surface area (Å²) in [5, 5.41) is 0.545. The van der Waals surface area contributed by atoms with Gasteiger partial charge in [0.2, 0.25) is 0 Å². The van der Waals surface area contributed by atoms with E-state index in [1.54, 1.807) is 7.11 Å². The van der Waals surface area contributed by atoms with E-state index in [0.717, 1.165) is 54.6 Å². The molecule has 1 aromatic carbocycles. The lowest BCUT2D eigenvalue weighted by molar-refractivity contribution is 0.281. The highest BCUT2D eigenvalue weighted by Crippen LogP contribution is 2.38. The Labute approximate surface area is 195 Å². The number of piperidine rings is 1. The van der Waals surface area contributed by atoms with Crippen molar-refractivity contribution in [1.29, 1.82) is 0 Å². The molecule has 2 aromatic heterocycles. The molecule has 32 heavy (non-hydrogen) atoms. The largest absolute Gasteiger partial charge is 0.495 e. The summed E-state index contributed by atoms with van der Waals surface area (Å²) in [5.74, 6) is 2.14. The summed E-state index contributed by atoms with van der Waals surface area (Å²) in [6, 6.07) is 8.09.